The first kappa shape index (κ1) is 52.5. The fourth-order valence-corrected chi connectivity index (χ4v) is 7.41. The summed E-state index contributed by atoms with van der Waals surface area (Å²) in [6, 6.07) is 47.8. The highest BCUT2D eigenvalue weighted by atomic mass is 15.0. The third kappa shape index (κ3) is 14.0. The molecule has 0 amide bonds. The molecule has 0 atom stereocenters. The van der Waals surface area contributed by atoms with E-state index in [1.165, 1.54) is 66.0 Å². The second kappa shape index (κ2) is 29.6. The summed E-state index contributed by atoms with van der Waals surface area (Å²) in [5.74, 6) is 2.75. The predicted octanol–water partition coefficient (Wildman–Crippen LogP) is 16.7. The van der Waals surface area contributed by atoms with E-state index in [0.29, 0.717) is 0 Å². The van der Waals surface area contributed by atoms with Gasteiger partial charge in [-0.25, -0.2) is 15.0 Å². The molecular formula is C58H78N4. The molecule has 330 valence electrons. The van der Waals surface area contributed by atoms with Gasteiger partial charge in [-0.1, -0.05) is 205 Å². The molecule has 0 N–H and O–H groups in total. The van der Waals surface area contributed by atoms with E-state index in [-0.39, 0.29) is 0 Å². The van der Waals surface area contributed by atoms with E-state index in [2.05, 4.69) is 195 Å². The first-order valence-corrected chi connectivity index (χ1v) is 23.9. The van der Waals surface area contributed by atoms with E-state index < -0.39 is 0 Å². The van der Waals surface area contributed by atoms with Gasteiger partial charge in [0.25, 0.3) is 0 Å². The van der Waals surface area contributed by atoms with Gasteiger partial charge in [-0.2, -0.15) is 0 Å². The van der Waals surface area contributed by atoms with Crippen LogP contribution in [0.4, 0.5) is 0 Å². The molecule has 4 nitrogen and oxygen atoms in total. The Labute approximate surface area is 376 Å². The van der Waals surface area contributed by atoms with Crippen LogP contribution >= 0.6 is 0 Å². The molecule has 62 heavy (non-hydrogen) atoms. The van der Waals surface area contributed by atoms with Gasteiger partial charge in [0.05, 0.1) is 0 Å². The standard InChI is InChI=1S/C17H12.C14H13N.C10H14.C9H15N3.4C2H6/c1-2-6-13-11-17-15(9-12(13)5-1)10-14-7-3-4-8-16(14)17;1-2-15-13-9-5-3-7-11(13)12-8-4-6-10-14(12)15;1-3-9-7-5-6-8-10(9)4-2;1-4-7-10-8(5-2)12-9(6-3)11-7;4*1-2/h1-9,11H,10H2;3-10H,2H2,1H3;5-8H,3-4H2,1-2H3;4-6H2,1-3H3;4*1-2H3. The summed E-state index contributed by atoms with van der Waals surface area (Å²) in [5.41, 5.74) is 11.4. The number of aromatic nitrogens is 4. The van der Waals surface area contributed by atoms with Crippen molar-refractivity contribution < 1.29 is 0 Å². The lowest BCUT2D eigenvalue weighted by molar-refractivity contribution is 0.772. The number of fused-ring (bicyclic) bond motifs is 7. The fraction of sp³-hybridized carbons (Fsp3) is 0.362. The van der Waals surface area contributed by atoms with E-state index in [4.69, 9.17) is 0 Å². The van der Waals surface area contributed by atoms with Gasteiger partial charge in [0, 0.05) is 47.6 Å². The number of aryl methyl sites for hydroxylation is 6. The van der Waals surface area contributed by atoms with Crippen LogP contribution in [0.1, 0.15) is 137 Å². The monoisotopic (exact) mass is 831 g/mol. The molecular weight excluding hydrogens is 753 g/mol. The molecule has 2 aromatic heterocycles. The average molecular weight is 831 g/mol. The van der Waals surface area contributed by atoms with Gasteiger partial charge in [-0.05, 0) is 88.5 Å². The Morgan fingerprint density at radius 2 is 0.774 bits per heavy atom. The van der Waals surface area contributed by atoms with Crippen LogP contribution in [-0.2, 0) is 45.1 Å². The van der Waals surface area contributed by atoms with Crippen molar-refractivity contribution in [2.45, 2.75) is 142 Å². The molecule has 0 fully saturated rings. The lowest BCUT2D eigenvalue weighted by atomic mass is 10.0. The Morgan fingerprint density at radius 1 is 0.387 bits per heavy atom. The zero-order valence-electron chi connectivity index (χ0n) is 40.9. The van der Waals surface area contributed by atoms with Crippen molar-refractivity contribution in [2.24, 2.45) is 0 Å². The molecule has 0 spiro atoms. The van der Waals surface area contributed by atoms with Crippen molar-refractivity contribution in [3.63, 3.8) is 0 Å². The minimum atomic E-state index is 0.891. The van der Waals surface area contributed by atoms with Gasteiger partial charge in [0.15, 0.2) is 0 Å². The Hall–Kier alpha value is -5.61. The molecule has 0 bridgehead atoms. The van der Waals surface area contributed by atoms with Crippen molar-refractivity contribution in [2.75, 3.05) is 0 Å². The van der Waals surface area contributed by atoms with Crippen molar-refractivity contribution >= 4 is 32.6 Å². The maximum Gasteiger partial charge on any atom is 0.132 e. The number of hydrogen-bond acceptors (Lipinski definition) is 3. The summed E-state index contributed by atoms with van der Waals surface area (Å²) in [5, 5.41) is 5.40. The van der Waals surface area contributed by atoms with Crippen LogP contribution in [0.25, 0.3) is 43.7 Å². The lowest BCUT2D eigenvalue weighted by Crippen LogP contribution is -2.05. The van der Waals surface area contributed by atoms with Crippen LogP contribution < -0.4 is 0 Å². The molecule has 8 aromatic rings. The highest BCUT2D eigenvalue weighted by Crippen LogP contribution is 2.38. The fourth-order valence-electron chi connectivity index (χ4n) is 7.41. The zero-order chi connectivity index (χ0) is 45.9. The SMILES string of the molecule is CC.CC.CC.CC.CCc1ccccc1CC.CCc1nc(CC)nc(CC)n1.CCn1c2ccccc2c2ccccc21.c1ccc2c(c1)Cc1cc3ccccc3cc1-2. The second-order valence-corrected chi connectivity index (χ2v) is 13.6. The summed E-state index contributed by atoms with van der Waals surface area (Å²) in [4.78, 5) is 12.9. The van der Waals surface area contributed by atoms with Gasteiger partial charge in [0.2, 0.25) is 0 Å². The topological polar surface area (TPSA) is 43.6 Å². The van der Waals surface area contributed by atoms with Gasteiger partial charge in [-0.15, -0.1) is 0 Å². The first-order valence-electron chi connectivity index (χ1n) is 23.9. The molecule has 0 saturated carbocycles. The van der Waals surface area contributed by atoms with Crippen LogP contribution in [0.5, 0.6) is 0 Å². The third-order valence-corrected chi connectivity index (χ3v) is 10.3. The Kier molecular flexibility index (Phi) is 25.1. The molecule has 0 aliphatic heterocycles. The lowest BCUT2D eigenvalue weighted by Gasteiger charge is -2.03. The average Bonchev–Trinajstić information content (AvgIpc) is 3.90. The Bertz CT molecular complexity index is 2320. The molecule has 1 aliphatic rings. The molecule has 0 unspecified atom stereocenters. The van der Waals surface area contributed by atoms with Crippen molar-refractivity contribution in [1.29, 1.82) is 0 Å². The number of nitrogens with zero attached hydrogens (tertiary/aromatic N) is 4. The summed E-state index contributed by atoms with van der Waals surface area (Å²) >= 11 is 0. The van der Waals surface area contributed by atoms with Crippen molar-refractivity contribution in [3.05, 3.63) is 173 Å². The normalized spacial score (nSPS) is 10.1. The van der Waals surface area contributed by atoms with E-state index >= 15 is 0 Å². The predicted molar refractivity (Wildman–Crippen MR) is 276 cm³/mol. The smallest absolute Gasteiger partial charge is 0.132 e. The van der Waals surface area contributed by atoms with Gasteiger partial charge < -0.3 is 4.57 Å². The largest absolute Gasteiger partial charge is 0.341 e. The van der Waals surface area contributed by atoms with Crippen LogP contribution in [-0.4, -0.2) is 19.5 Å². The van der Waals surface area contributed by atoms with Gasteiger partial charge in [-0.3, -0.25) is 0 Å². The maximum absolute atomic E-state index is 4.30. The highest BCUT2D eigenvalue weighted by Gasteiger charge is 2.18. The van der Waals surface area contributed by atoms with Gasteiger partial charge >= 0.3 is 0 Å². The maximum atomic E-state index is 4.30. The Morgan fingerprint density at radius 3 is 1.21 bits per heavy atom. The van der Waals surface area contributed by atoms with E-state index in [1.807, 2.05) is 55.4 Å². The molecule has 0 saturated heterocycles. The minimum absolute atomic E-state index is 0.891. The van der Waals surface area contributed by atoms with Gasteiger partial charge in [0.1, 0.15) is 17.5 Å². The van der Waals surface area contributed by atoms with Crippen molar-refractivity contribution in [1.82, 2.24) is 19.5 Å². The molecule has 2 heterocycles. The summed E-state index contributed by atoms with van der Waals surface area (Å²) < 4.78 is 2.37. The second-order valence-electron chi connectivity index (χ2n) is 13.6. The summed E-state index contributed by atoms with van der Waals surface area (Å²) in [6.45, 7) is 29.8. The molecule has 9 rings (SSSR count). The van der Waals surface area contributed by atoms with Crippen LogP contribution in [0.2, 0.25) is 0 Å². The van der Waals surface area contributed by atoms with Crippen LogP contribution in [0.15, 0.2) is 133 Å². The van der Waals surface area contributed by atoms with Crippen LogP contribution in [0.3, 0.4) is 0 Å². The minimum Gasteiger partial charge on any atom is -0.341 e. The molecule has 1 aliphatic carbocycles. The number of rotatable bonds is 6. The van der Waals surface area contributed by atoms with Crippen LogP contribution in [0, 0.1) is 0 Å². The number of benzene rings is 6. The van der Waals surface area contributed by atoms with E-state index in [1.54, 1.807) is 0 Å². The number of hydrogen-bond donors (Lipinski definition) is 0. The highest BCUT2D eigenvalue weighted by molar-refractivity contribution is 6.07. The zero-order valence-corrected chi connectivity index (χ0v) is 40.9. The number of para-hydroxylation sites is 2. The quantitative estimate of drug-likeness (QED) is 0.168. The molecule has 4 heteroatoms. The summed E-state index contributed by atoms with van der Waals surface area (Å²) in [6.07, 6.45) is 6.07. The van der Waals surface area contributed by atoms with E-state index in [0.717, 1.165) is 62.5 Å². The summed E-state index contributed by atoms with van der Waals surface area (Å²) in [7, 11) is 0. The molecule has 6 aromatic carbocycles. The molecule has 0 radical (unpaired) electrons. The Balaban J connectivity index is 0.000000274. The van der Waals surface area contributed by atoms with E-state index in [9.17, 15) is 0 Å². The third-order valence-electron chi connectivity index (χ3n) is 10.3. The first-order chi connectivity index (χ1) is 30.5. The van der Waals surface area contributed by atoms with Crippen molar-refractivity contribution in [3.8, 4) is 11.1 Å².